The quantitative estimate of drug-likeness (QED) is 0.676. The van der Waals surface area contributed by atoms with Crippen LogP contribution in [0.25, 0.3) is 0 Å². The van der Waals surface area contributed by atoms with Crippen molar-refractivity contribution in [2.45, 2.75) is 19.8 Å². The molecule has 0 spiro atoms. The second-order valence-electron chi connectivity index (χ2n) is 6.71. The number of hydrogen-bond acceptors (Lipinski definition) is 3. The van der Waals surface area contributed by atoms with Crippen molar-refractivity contribution in [2.75, 3.05) is 4.90 Å². The minimum atomic E-state index is -1.21. The summed E-state index contributed by atoms with van der Waals surface area (Å²) in [5, 5.41) is 9.44. The number of imide groups is 1. The van der Waals surface area contributed by atoms with Crippen molar-refractivity contribution in [1.82, 2.24) is 0 Å². The van der Waals surface area contributed by atoms with Crippen molar-refractivity contribution in [1.29, 1.82) is 0 Å². The van der Waals surface area contributed by atoms with E-state index in [9.17, 15) is 19.5 Å². The van der Waals surface area contributed by atoms with Crippen LogP contribution in [0.2, 0.25) is 0 Å². The zero-order valence-electron chi connectivity index (χ0n) is 16.0. The Balaban J connectivity index is 1.95. The second kappa shape index (κ2) is 8.97. The first kappa shape index (κ1) is 20.0. The number of anilines is 1. The van der Waals surface area contributed by atoms with Gasteiger partial charge in [0.1, 0.15) is 0 Å². The highest BCUT2D eigenvalue weighted by molar-refractivity contribution is 6.23. The summed E-state index contributed by atoms with van der Waals surface area (Å²) in [4.78, 5) is 38.9. The molecular weight excluding hydrogens is 366 g/mol. The zero-order valence-corrected chi connectivity index (χ0v) is 16.0. The van der Waals surface area contributed by atoms with Gasteiger partial charge in [-0.2, -0.15) is 0 Å². The van der Waals surface area contributed by atoms with Gasteiger partial charge in [-0.25, -0.2) is 9.69 Å². The molecule has 0 aromatic heterocycles. The zero-order chi connectivity index (χ0) is 20.8. The molecule has 146 valence electrons. The lowest BCUT2D eigenvalue weighted by molar-refractivity contribution is -0.118. The van der Waals surface area contributed by atoms with E-state index in [2.05, 4.69) is 0 Å². The van der Waals surface area contributed by atoms with Crippen LogP contribution in [0.4, 0.5) is 5.69 Å². The first-order valence-electron chi connectivity index (χ1n) is 9.27. The summed E-state index contributed by atoms with van der Waals surface area (Å²) in [5.74, 6) is -2.25. The molecule has 3 aromatic carbocycles. The fourth-order valence-electron chi connectivity index (χ4n) is 3.05. The summed E-state index contributed by atoms with van der Waals surface area (Å²) in [6.45, 7) is 1.91. The van der Waals surface area contributed by atoms with E-state index in [4.69, 9.17) is 0 Å². The van der Waals surface area contributed by atoms with Gasteiger partial charge in [0.2, 0.25) is 5.91 Å². The summed E-state index contributed by atoms with van der Waals surface area (Å²) in [5.41, 5.74) is 2.24. The summed E-state index contributed by atoms with van der Waals surface area (Å²) < 4.78 is 0. The van der Waals surface area contributed by atoms with Crippen LogP contribution in [0, 0.1) is 6.92 Å². The van der Waals surface area contributed by atoms with Crippen LogP contribution in [0.5, 0.6) is 0 Å². The number of carbonyl (C=O) groups is 3. The van der Waals surface area contributed by atoms with E-state index in [-0.39, 0.29) is 23.5 Å². The lowest BCUT2D eigenvalue weighted by Gasteiger charge is -2.22. The topological polar surface area (TPSA) is 74.7 Å². The maximum Gasteiger partial charge on any atom is 0.336 e. The number of carboxylic acids is 1. The summed E-state index contributed by atoms with van der Waals surface area (Å²) in [7, 11) is 0. The molecule has 0 saturated carbocycles. The number of amides is 2. The average molecular weight is 387 g/mol. The van der Waals surface area contributed by atoms with Crippen molar-refractivity contribution in [3.05, 3.63) is 101 Å². The Morgan fingerprint density at radius 1 is 0.793 bits per heavy atom. The monoisotopic (exact) mass is 387 g/mol. The highest BCUT2D eigenvalue weighted by Gasteiger charge is 2.27. The van der Waals surface area contributed by atoms with Crippen molar-refractivity contribution >= 4 is 23.5 Å². The fourth-order valence-corrected chi connectivity index (χ4v) is 3.05. The summed E-state index contributed by atoms with van der Waals surface area (Å²) in [6.07, 6.45) is 0.606. The standard InChI is InChI=1S/C24H21NO4/c1-17-11-14-19(15-12-17)25(22(26)16-13-18-7-3-2-4-8-18)23(27)20-9-5-6-10-21(20)24(28)29/h2-12,14-15H,13,16H2,1H3,(H,28,29). The first-order valence-corrected chi connectivity index (χ1v) is 9.27. The largest absolute Gasteiger partial charge is 0.478 e. The third-order valence-electron chi connectivity index (χ3n) is 4.60. The number of benzene rings is 3. The fraction of sp³-hybridized carbons (Fsp3) is 0.125. The van der Waals surface area contributed by atoms with Gasteiger partial charge >= 0.3 is 5.97 Å². The third-order valence-corrected chi connectivity index (χ3v) is 4.60. The molecule has 5 heteroatoms. The van der Waals surface area contributed by atoms with Crippen LogP contribution in [-0.4, -0.2) is 22.9 Å². The Hall–Kier alpha value is -3.73. The summed E-state index contributed by atoms with van der Waals surface area (Å²) in [6, 6.07) is 22.5. The van der Waals surface area contributed by atoms with E-state index < -0.39 is 11.9 Å². The minimum absolute atomic E-state index is 0.0198. The number of nitrogens with zero attached hydrogens (tertiary/aromatic N) is 1. The molecule has 3 rings (SSSR count). The molecule has 0 aliphatic heterocycles. The van der Waals surface area contributed by atoms with Crippen LogP contribution in [0.1, 0.15) is 38.3 Å². The van der Waals surface area contributed by atoms with Gasteiger partial charge in [0, 0.05) is 6.42 Å². The molecule has 0 fully saturated rings. The van der Waals surface area contributed by atoms with E-state index in [1.807, 2.05) is 49.4 Å². The molecule has 0 radical (unpaired) electrons. The van der Waals surface area contributed by atoms with Crippen LogP contribution >= 0.6 is 0 Å². The molecule has 3 aromatic rings. The highest BCUT2D eigenvalue weighted by Crippen LogP contribution is 2.22. The molecule has 5 nitrogen and oxygen atoms in total. The average Bonchev–Trinajstić information content (AvgIpc) is 2.74. The molecule has 0 saturated heterocycles. The Kier molecular flexibility index (Phi) is 6.19. The lowest BCUT2D eigenvalue weighted by Crippen LogP contribution is -2.38. The van der Waals surface area contributed by atoms with E-state index in [0.717, 1.165) is 16.0 Å². The number of aryl methyl sites for hydroxylation is 2. The van der Waals surface area contributed by atoms with E-state index in [1.165, 1.54) is 12.1 Å². The van der Waals surface area contributed by atoms with Gasteiger partial charge in [-0.3, -0.25) is 9.59 Å². The Bertz CT molecular complexity index is 1030. The third kappa shape index (κ3) is 4.76. The number of hydrogen-bond donors (Lipinski definition) is 1. The molecule has 0 atom stereocenters. The van der Waals surface area contributed by atoms with Crippen molar-refractivity contribution < 1.29 is 19.5 Å². The predicted molar refractivity (Wildman–Crippen MR) is 111 cm³/mol. The number of carbonyl (C=O) groups excluding carboxylic acids is 2. The molecule has 1 N–H and O–H groups in total. The molecule has 0 unspecified atom stereocenters. The molecular formula is C24H21NO4. The molecule has 0 aliphatic carbocycles. The van der Waals surface area contributed by atoms with Gasteiger partial charge in [0.25, 0.3) is 5.91 Å². The smallest absolute Gasteiger partial charge is 0.336 e. The van der Waals surface area contributed by atoms with E-state index in [0.29, 0.717) is 12.1 Å². The number of rotatable bonds is 6. The van der Waals surface area contributed by atoms with Crippen LogP contribution in [0.3, 0.4) is 0 Å². The molecule has 0 bridgehead atoms. The Morgan fingerprint density at radius 2 is 1.38 bits per heavy atom. The maximum absolute atomic E-state index is 13.3. The van der Waals surface area contributed by atoms with Crippen LogP contribution in [-0.2, 0) is 11.2 Å². The lowest BCUT2D eigenvalue weighted by atomic mass is 10.0. The van der Waals surface area contributed by atoms with Crippen molar-refractivity contribution in [2.24, 2.45) is 0 Å². The minimum Gasteiger partial charge on any atom is -0.478 e. The summed E-state index contributed by atoms with van der Waals surface area (Å²) >= 11 is 0. The van der Waals surface area contributed by atoms with Gasteiger partial charge in [-0.1, -0.05) is 60.2 Å². The molecule has 29 heavy (non-hydrogen) atoms. The normalized spacial score (nSPS) is 10.4. The highest BCUT2D eigenvalue weighted by atomic mass is 16.4. The van der Waals surface area contributed by atoms with Crippen molar-refractivity contribution in [3.8, 4) is 0 Å². The maximum atomic E-state index is 13.3. The van der Waals surface area contributed by atoms with Crippen LogP contribution in [0.15, 0.2) is 78.9 Å². The van der Waals surface area contributed by atoms with Gasteiger partial charge in [-0.05, 0) is 43.2 Å². The van der Waals surface area contributed by atoms with Crippen molar-refractivity contribution in [3.63, 3.8) is 0 Å². The van der Waals surface area contributed by atoms with Gasteiger partial charge in [-0.15, -0.1) is 0 Å². The van der Waals surface area contributed by atoms with E-state index in [1.54, 1.807) is 24.3 Å². The Morgan fingerprint density at radius 3 is 2.00 bits per heavy atom. The van der Waals surface area contributed by atoms with Gasteiger partial charge in [0.15, 0.2) is 0 Å². The predicted octanol–water partition coefficient (Wildman–Crippen LogP) is 4.50. The molecule has 0 heterocycles. The second-order valence-corrected chi connectivity index (χ2v) is 6.71. The van der Waals surface area contributed by atoms with Gasteiger partial charge < -0.3 is 5.11 Å². The molecule has 2 amide bonds. The SMILES string of the molecule is Cc1ccc(N(C(=O)CCc2ccccc2)C(=O)c2ccccc2C(=O)O)cc1. The molecule has 0 aliphatic rings. The Labute approximate surface area is 169 Å². The first-order chi connectivity index (χ1) is 14.0. The van der Waals surface area contributed by atoms with E-state index >= 15 is 0 Å². The van der Waals surface area contributed by atoms with Gasteiger partial charge in [0.05, 0.1) is 16.8 Å². The number of aromatic carboxylic acids is 1. The number of carboxylic acid groups (broad SMARTS) is 1. The van der Waals surface area contributed by atoms with Crippen LogP contribution < -0.4 is 4.90 Å².